The van der Waals surface area contributed by atoms with Crippen molar-refractivity contribution in [3.8, 4) is 12.3 Å². The van der Waals surface area contributed by atoms with Crippen LogP contribution in [0.15, 0.2) is 29.2 Å². The van der Waals surface area contributed by atoms with Crippen LogP contribution in [0.1, 0.15) is 24.8 Å². The number of benzene rings is 1. The minimum absolute atomic E-state index is 0.0647. The van der Waals surface area contributed by atoms with Gasteiger partial charge >= 0.3 is 6.18 Å². The molecule has 2 saturated heterocycles. The Balaban J connectivity index is 1.79. The van der Waals surface area contributed by atoms with Gasteiger partial charge in [0.15, 0.2) is 0 Å². The highest BCUT2D eigenvalue weighted by molar-refractivity contribution is 7.98. The first-order valence-electron chi connectivity index (χ1n) is 9.74. The summed E-state index contributed by atoms with van der Waals surface area (Å²) >= 11 is 1.63. The van der Waals surface area contributed by atoms with Crippen LogP contribution in [0.25, 0.3) is 0 Å². The van der Waals surface area contributed by atoms with Crippen LogP contribution in [0.4, 0.5) is 13.2 Å². The summed E-state index contributed by atoms with van der Waals surface area (Å²) < 4.78 is 66.1. The largest absolute Gasteiger partial charge is 0.416 e. The number of piperidine rings is 1. The Hall–Kier alpha value is -1.74. The lowest BCUT2D eigenvalue weighted by molar-refractivity contribution is -0.137. The van der Waals surface area contributed by atoms with Crippen molar-refractivity contribution in [2.45, 2.75) is 42.0 Å². The zero-order valence-electron chi connectivity index (χ0n) is 17.0. The van der Waals surface area contributed by atoms with Gasteiger partial charge in [0.2, 0.25) is 15.9 Å². The monoisotopic (exact) mass is 475 g/mol. The fourth-order valence-electron chi connectivity index (χ4n) is 4.11. The molecule has 1 aromatic carbocycles. The standard InChI is InChI=1S/C20H24F3N3O3S2/c1-3-10-26-18(27)17(7-13-30-2)24-19(26)8-11-25(12-9-19)31(28,29)16-6-4-5-15(14-16)20(21,22)23/h1,4-6,14,17,24H,7-13H2,2H3. The van der Waals surface area contributed by atoms with Gasteiger partial charge in [-0.1, -0.05) is 12.0 Å². The number of terminal acetylenes is 1. The molecule has 0 bridgehead atoms. The number of hydrogen-bond acceptors (Lipinski definition) is 5. The number of halogens is 3. The van der Waals surface area contributed by atoms with Crippen LogP contribution < -0.4 is 5.32 Å². The topological polar surface area (TPSA) is 69.7 Å². The van der Waals surface area contributed by atoms with E-state index >= 15 is 0 Å². The minimum atomic E-state index is -4.63. The number of alkyl halides is 3. The lowest BCUT2D eigenvalue weighted by Gasteiger charge is -2.43. The Kier molecular flexibility index (Phi) is 6.96. The van der Waals surface area contributed by atoms with Gasteiger partial charge in [-0.3, -0.25) is 10.1 Å². The maximum absolute atomic E-state index is 13.0. The summed E-state index contributed by atoms with van der Waals surface area (Å²) in [6.07, 6.45) is 4.01. The van der Waals surface area contributed by atoms with Gasteiger partial charge in [-0.25, -0.2) is 8.42 Å². The van der Waals surface area contributed by atoms with Crippen molar-refractivity contribution in [1.29, 1.82) is 0 Å². The summed E-state index contributed by atoms with van der Waals surface area (Å²) in [4.78, 5) is 14.0. The van der Waals surface area contributed by atoms with Crippen LogP contribution in [0.2, 0.25) is 0 Å². The van der Waals surface area contributed by atoms with Gasteiger partial charge < -0.3 is 4.90 Å². The molecule has 2 aliphatic rings. The van der Waals surface area contributed by atoms with Gasteiger partial charge in [-0.05, 0) is 49.5 Å². The van der Waals surface area contributed by atoms with E-state index in [1.165, 1.54) is 4.31 Å². The maximum Gasteiger partial charge on any atom is 0.416 e. The number of hydrogen-bond donors (Lipinski definition) is 1. The molecule has 1 N–H and O–H groups in total. The van der Waals surface area contributed by atoms with Crippen molar-refractivity contribution >= 4 is 27.7 Å². The summed E-state index contributed by atoms with van der Waals surface area (Å²) in [5.74, 6) is 3.19. The van der Waals surface area contributed by atoms with E-state index in [1.54, 1.807) is 16.7 Å². The van der Waals surface area contributed by atoms with Gasteiger partial charge in [-0.2, -0.15) is 29.2 Å². The summed E-state index contributed by atoms with van der Waals surface area (Å²) in [6, 6.07) is 3.36. The molecular formula is C20H24F3N3O3S2. The third kappa shape index (κ3) is 4.72. The molecule has 2 aliphatic heterocycles. The SMILES string of the molecule is C#CCN1C(=O)C(CCSC)NC12CCN(S(=O)(=O)c1cccc(C(F)(F)F)c1)CC2. The molecule has 0 aliphatic carbocycles. The first-order valence-corrected chi connectivity index (χ1v) is 12.6. The first-order chi connectivity index (χ1) is 14.5. The summed E-state index contributed by atoms with van der Waals surface area (Å²) in [5, 5.41) is 3.36. The van der Waals surface area contributed by atoms with Crippen LogP contribution >= 0.6 is 11.8 Å². The number of carbonyl (C=O) groups is 1. The Labute approximate surface area is 184 Å². The fraction of sp³-hybridized carbons (Fsp3) is 0.550. The number of amides is 1. The van der Waals surface area contributed by atoms with Crippen molar-refractivity contribution in [1.82, 2.24) is 14.5 Å². The van der Waals surface area contributed by atoms with E-state index in [2.05, 4.69) is 11.2 Å². The second-order valence-electron chi connectivity index (χ2n) is 7.57. The molecule has 31 heavy (non-hydrogen) atoms. The van der Waals surface area contributed by atoms with Crippen molar-refractivity contribution in [2.75, 3.05) is 31.6 Å². The van der Waals surface area contributed by atoms with E-state index in [0.717, 1.165) is 24.0 Å². The Morgan fingerprint density at radius 2 is 2.00 bits per heavy atom. The normalized spacial score (nSPS) is 22.1. The molecule has 1 aromatic rings. The number of carbonyl (C=O) groups excluding carboxylic acids is 1. The predicted octanol–water partition coefficient (Wildman–Crippen LogP) is 2.37. The van der Waals surface area contributed by atoms with Crippen molar-refractivity contribution in [3.05, 3.63) is 29.8 Å². The third-order valence-corrected chi connectivity index (χ3v) is 8.27. The number of nitrogens with zero attached hydrogens (tertiary/aromatic N) is 2. The average molecular weight is 476 g/mol. The minimum Gasteiger partial charge on any atom is -0.312 e. The smallest absolute Gasteiger partial charge is 0.312 e. The van der Waals surface area contributed by atoms with Crippen LogP contribution in [-0.2, 0) is 21.0 Å². The van der Waals surface area contributed by atoms with Crippen LogP contribution in [0.5, 0.6) is 0 Å². The zero-order valence-corrected chi connectivity index (χ0v) is 18.6. The second kappa shape index (κ2) is 9.02. The summed E-state index contributed by atoms with van der Waals surface area (Å²) in [6.45, 7) is 0.242. The number of thioether (sulfide) groups is 1. The average Bonchev–Trinajstić information content (AvgIpc) is 2.98. The molecule has 1 spiro atoms. The molecule has 0 saturated carbocycles. The van der Waals surface area contributed by atoms with Crippen molar-refractivity contribution in [2.24, 2.45) is 0 Å². The van der Waals surface area contributed by atoms with Gasteiger partial charge in [0.25, 0.3) is 0 Å². The van der Waals surface area contributed by atoms with Crippen molar-refractivity contribution < 1.29 is 26.4 Å². The quantitative estimate of drug-likeness (QED) is 0.640. The molecule has 1 atom stereocenters. The number of rotatable bonds is 6. The molecule has 0 aromatic heterocycles. The van der Waals surface area contributed by atoms with E-state index in [0.29, 0.717) is 25.3 Å². The Morgan fingerprint density at radius 3 is 2.58 bits per heavy atom. The predicted molar refractivity (Wildman–Crippen MR) is 113 cm³/mol. The molecule has 6 nitrogen and oxygen atoms in total. The highest BCUT2D eigenvalue weighted by Gasteiger charge is 2.52. The first kappa shape index (κ1) is 23.9. The Bertz CT molecular complexity index is 968. The van der Waals surface area contributed by atoms with Crippen LogP contribution in [0, 0.1) is 12.3 Å². The molecule has 1 amide bonds. The molecule has 2 fully saturated rings. The molecule has 0 radical (unpaired) electrons. The summed E-state index contributed by atoms with van der Waals surface area (Å²) in [7, 11) is -4.10. The van der Waals surface area contributed by atoms with Crippen molar-refractivity contribution in [3.63, 3.8) is 0 Å². The molecule has 1 unspecified atom stereocenters. The number of sulfonamides is 1. The highest BCUT2D eigenvalue weighted by atomic mass is 32.2. The Morgan fingerprint density at radius 1 is 1.32 bits per heavy atom. The summed E-state index contributed by atoms with van der Waals surface area (Å²) in [5.41, 5.74) is -1.76. The number of nitrogens with one attached hydrogen (secondary N) is 1. The third-order valence-electron chi connectivity index (χ3n) is 5.73. The molecular weight excluding hydrogens is 451 g/mol. The van der Waals surface area contributed by atoms with Gasteiger partial charge in [0.1, 0.15) is 0 Å². The lowest BCUT2D eigenvalue weighted by atomic mass is 9.97. The van der Waals surface area contributed by atoms with E-state index in [4.69, 9.17) is 6.42 Å². The molecule has 170 valence electrons. The van der Waals surface area contributed by atoms with E-state index < -0.39 is 32.3 Å². The lowest BCUT2D eigenvalue weighted by Crippen LogP contribution is -2.59. The highest BCUT2D eigenvalue weighted by Crippen LogP contribution is 2.36. The molecule has 11 heteroatoms. The molecule has 3 rings (SSSR count). The van der Waals surface area contributed by atoms with E-state index in [-0.39, 0.29) is 31.6 Å². The fourth-order valence-corrected chi connectivity index (χ4v) is 6.07. The van der Waals surface area contributed by atoms with Gasteiger partial charge in [0, 0.05) is 13.1 Å². The van der Waals surface area contributed by atoms with E-state index in [1.807, 2.05) is 6.26 Å². The van der Waals surface area contributed by atoms with Crippen LogP contribution in [0.3, 0.4) is 0 Å². The van der Waals surface area contributed by atoms with E-state index in [9.17, 15) is 26.4 Å². The molecule has 2 heterocycles. The zero-order chi connectivity index (χ0) is 22.9. The second-order valence-corrected chi connectivity index (χ2v) is 10.5. The maximum atomic E-state index is 13.0. The van der Waals surface area contributed by atoms with Crippen LogP contribution in [-0.4, -0.2) is 66.9 Å². The van der Waals surface area contributed by atoms with Gasteiger partial charge in [0.05, 0.1) is 28.7 Å². The van der Waals surface area contributed by atoms with Gasteiger partial charge in [-0.15, -0.1) is 6.42 Å².